The Bertz CT molecular complexity index is 1560. The number of hydrogen-bond donors (Lipinski definition) is 0. The Balaban J connectivity index is 1.41. The summed E-state index contributed by atoms with van der Waals surface area (Å²) in [5.74, 6) is -0.562. The molecule has 6 rings (SSSR count). The zero-order valence-electron chi connectivity index (χ0n) is 25.3. The van der Waals surface area contributed by atoms with Crippen LogP contribution in [0.4, 0.5) is 15.0 Å². The fraction of sp³-hybridized carbons (Fsp3) is 0.500. The molecule has 2 atom stereocenters. The Morgan fingerprint density at radius 1 is 1.12 bits per heavy atom. The van der Waals surface area contributed by atoms with E-state index in [1.807, 2.05) is 44.7 Å². The molecular formula is C32H39FN6O3. The second-order valence-electron chi connectivity index (χ2n) is 12.9. The lowest BCUT2D eigenvalue weighted by Crippen LogP contribution is -2.44. The third kappa shape index (κ3) is 5.01. The van der Waals surface area contributed by atoms with E-state index in [2.05, 4.69) is 18.1 Å². The first-order chi connectivity index (χ1) is 19.9. The van der Waals surface area contributed by atoms with Crippen LogP contribution in [0.3, 0.4) is 0 Å². The van der Waals surface area contributed by atoms with Crippen LogP contribution < -0.4 is 4.90 Å². The van der Waals surface area contributed by atoms with Gasteiger partial charge in [-0.1, -0.05) is 31.0 Å². The third-order valence-corrected chi connectivity index (χ3v) is 8.69. The van der Waals surface area contributed by atoms with E-state index < -0.39 is 17.5 Å². The second kappa shape index (κ2) is 10.4. The van der Waals surface area contributed by atoms with Crippen LogP contribution in [-0.2, 0) is 24.9 Å². The summed E-state index contributed by atoms with van der Waals surface area (Å²) in [4.78, 5) is 37.3. The molecule has 9 nitrogen and oxygen atoms in total. The minimum absolute atomic E-state index is 0.0863. The van der Waals surface area contributed by atoms with Crippen LogP contribution >= 0.6 is 0 Å². The van der Waals surface area contributed by atoms with Crippen molar-refractivity contribution in [2.45, 2.75) is 91.1 Å². The summed E-state index contributed by atoms with van der Waals surface area (Å²) >= 11 is 0. The number of pyridine rings is 1. The number of halogens is 1. The van der Waals surface area contributed by atoms with Crippen molar-refractivity contribution in [3.05, 3.63) is 64.2 Å². The lowest BCUT2D eigenvalue weighted by molar-refractivity contribution is 0.0200. The molecule has 42 heavy (non-hydrogen) atoms. The van der Waals surface area contributed by atoms with E-state index in [1.165, 1.54) is 5.56 Å². The minimum Gasteiger partial charge on any atom is -0.444 e. The van der Waals surface area contributed by atoms with Crippen molar-refractivity contribution in [2.75, 3.05) is 11.6 Å². The maximum atomic E-state index is 16.6. The van der Waals surface area contributed by atoms with Gasteiger partial charge in [-0.3, -0.25) is 14.4 Å². The number of ether oxygens (including phenoxy) is 1. The highest BCUT2D eigenvalue weighted by molar-refractivity contribution is 6.04. The number of aromatic nitrogens is 3. The molecule has 1 aliphatic carbocycles. The standard InChI is InChI=1S/C32H39FN6O3/c1-19-11-12-21(13-20(19)2)15-37-17-23-26(30(37)40)28(22-14-34-36(6)16-22)35-29(27(23)33)38-18-39(31(41)42-32(3,4)5)25-10-8-7-9-24(25)38/h11-14,16,24-25H,7-10,15,17-18H2,1-6H3/t24-,25+/m1/s1. The predicted molar refractivity (Wildman–Crippen MR) is 157 cm³/mol. The number of fused-ring (bicyclic) bond motifs is 2. The number of benzene rings is 1. The smallest absolute Gasteiger partial charge is 0.412 e. The largest absolute Gasteiger partial charge is 0.444 e. The Morgan fingerprint density at radius 3 is 2.52 bits per heavy atom. The molecule has 2 aliphatic heterocycles. The molecule has 3 aliphatic rings. The summed E-state index contributed by atoms with van der Waals surface area (Å²) in [5.41, 5.74) is 4.39. The van der Waals surface area contributed by atoms with Crippen LogP contribution in [0.15, 0.2) is 30.6 Å². The first-order valence-electron chi connectivity index (χ1n) is 14.7. The van der Waals surface area contributed by atoms with E-state index in [-0.39, 0.29) is 42.6 Å². The number of amides is 2. The van der Waals surface area contributed by atoms with Crippen molar-refractivity contribution in [2.24, 2.45) is 7.05 Å². The van der Waals surface area contributed by atoms with Crippen LogP contribution in [0.1, 0.15) is 79.1 Å². The molecule has 1 saturated carbocycles. The summed E-state index contributed by atoms with van der Waals surface area (Å²) in [6.07, 6.45) is 6.69. The van der Waals surface area contributed by atoms with Gasteiger partial charge >= 0.3 is 6.09 Å². The molecule has 2 amide bonds. The molecule has 4 heterocycles. The molecule has 222 valence electrons. The van der Waals surface area contributed by atoms with Gasteiger partial charge in [0.05, 0.1) is 42.8 Å². The molecule has 1 saturated heterocycles. The highest BCUT2D eigenvalue weighted by Gasteiger charge is 2.47. The molecular weight excluding hydrogens is 535 g/mol. The molecule has 1 aromatic carbocycles. The van der Waals surface area contributed by atoms with Crippen molar-refractivity contribution in [3.63, 3.8) is 0 Å². The number of anilines is 1. The fourth-order valence-electron chi connectivity index (χ4n) is 6.52. The van der Waals surface area contributed by atoms with E-state index in [4.69, 9.17) is 9.72 Å². The third-order valence-electron chi connectivity index (χ3n) is 8.69. The second-order valence-corrected chi connectivity index (χ2v) is 12.9. The number of rotatable bonds is 4. The number of hydrogen-bond acceptors (Lipinski definition) is 6. The summed E-state index contributed by atoms with van der Waals surface area (Å²) in [6, 6.07) is 5.96. The molecule has 2 aromatic heterocycles. The van der Waals surface area contributed by atoms with Gasteiger partial charge in [0.1, 0.15) is 5.60 Å². The zero-order chi connectivity index (χ0) is 29.9. The Hall–Kier alpha value is -3.95. The average molecular weight is 575 g/mol. The highest BCUT2D eigenvalue weighted by atomic mass is 19.1. The van der Waals surface area contributed by atoms with Crippen molar-refractivity contribution in [1.82, 2.24) is 24.6 Å². The van der Waals surface area contributed by atoms with Crippen molar-refractivity contribution in [1.29, 1.82) is 0 Å². The average Bonchev–Trinajstić information content (AvgIpc) is 3.62. The number of carbonyl (C=O) groups excluding carboxylic acids is 2. The SMILES string of the molecule is Cc1ccc(CN2Cc3c(F)c(N4CN(C(=O)OC(C)(C)C)[C@H]5CCCC[C@H]54)nc(-c4cnn(C)c4)c3C2=O)cc1C. The van der Waals surface area contributed by atoms with Gasteiger partial charge in [-0.2, -0.15) is 5.10 Å². The maximum absolute atomic E-state index is 16.6. The minimum atomic E-state index is -0.640. The lowest BCUT2D eigenvalue weighted by atomic mass is 9.90. The van der Waals surface area contributed by atoms with E-state index in [0.717, 1.165) is 36.8 Å². The molecule has 3 aromatic rings. The van der Waals surface area contributed by atoms with Gasteiger partial charge < -0.3 is 14.5 Å². The molecule has 0 radical (unpaired) electrons. The maximum Gasteiger partial charge on any atom is 0.412 e. The molecule has 2 fully saturated rings. The molecule has 0 bridgehead atoms. The van der Waals surface area contributed by atoms with E-state index in [9.17, 15) is 9.59 Å². The first-order valence-corrected chi connectivity index (χ1v) is 14.7. The van der Waals surface area contributed by atoms with Crippen LogP contribution in [0, 0.1) is 19.7 Å². The molecule has 0 unspecified atom stereocenters. The normalized spacial score (nSPS) is 20.3. The van der Waals surface area contributed by atoms with E-state index in [0.29, 0.717) is 23.4 Å². The van der Waals surface area contributed by atoms with Gasteiger partial charge in [0.15, 0.2) is 11.6 Å². The van der Waals surface area contributed by atoms with Gasteiger partial charge in [0.25, 0.3) is 5.91 Å². The first kappa shape index (κ1) is 28.2. The quantitative estimate of drug-likeness (QED) is 0.396. The van der Waals surface area contributed by atoms with Crippen molar-refractivity contribution >= 4 is 17.8 Å². The molecule has 0 spiro atoms. The van der Waals surface area contributed by atoms with Gasteiger partial charge in [-0.05, 0) is 64.2 Å². The van der Waals surface area contributed by atoms with Gasteiger partial charge in [-0.25, -0.2) is 14.2 Å². The summed E-state index contributed by atoms with van der Waals surface area (Å²) in [7, 11) is 1.80. The van der Waals surface area contributed by atoms with Crippen molar-refractivity contribution in [3.8, 4) is 11.3 Å². The van der Waals surface area contributed by atoms with Gasteiger partial charge in [-0.15, -0.1) is 0 Å². The lowest BCUT2D eigenvalue weighted by Gasteiger charge is -2.33. The molecule has 10 heteroatoms. The predicted octanol–water partition coefficient (Wildman–Crippen LogP) is 5.72. The summed E-state index contributed by atoms with van der Waals surface area (Å²) in [5, 5.41) is 4.31. The summed E-state index contributed by atoms with van der Waals surface area (Å²) in [6.45, 7) is 10.3. The van der Waals surface area contributed by atoms with Gasteiger partial charge in [0, 0.05) is 30.9 Å². The fourth-order valence-corrected chi connectivity index (χ4v) is 6.52. The van der Waals surface area contributed by atoms with Crippen LogP contribution in [0.5, 0.6) is 0 Å². The number of nitrogens with zero attached hydrogens (tertiary/aromatic N) is 6. The number of aryl methyl sites for hydroxylation is 3. The zero-order valence-corrected chi connectivity index (χ0v) is 25.3. The Morgan fingerprint density at radius 2 is 1.86 bits per heavy atom. The number of carbonyl (C=O) groups is 2. The van der Waals surface area contributed by atoms with Crippen LogP contribution in [0.2, 0.25) is 0 Å². The van der Waals surface area contributed by atoms with Gasteiger partial charge in [0.2, 0.25) is 0 Å². The van der Waals surface area contributed by atoms with Crippen molar-refractivity contribution < 1.29 is 18.7 Å². The Labute approximate surface area is 246 Å². The topological polar surface area (TPSA) is 83.8 Å². The van der Waals surface area contributed by atoms with E-state index >= 15 is 4.39 Å². The van der Waals surface area contributed by atoms with Crippen LogP contribution in [-0.4, -0.2) is 60.9 Å². The molecule has 0 N–H and O–H groups in total. The Kier molecular flexibility index (Phi) is 6.98. The van der Waals surface area contributed by atoms with Crippen LogP contribution in [0.25, 0.3) is 11.3 Å². The van der Waals surface area contributed by atoms with E-state index in [1.54, 1.807) is 33.9 Å². The monoisotopic (exact) mass is 574 g/mol. The summed E-state index contributed by atoms with van der Waals surface area (Å²) < 4.78 is 24.0. The highest BCUT2D eigenvalue weighted by Crippen LogP contribution is 2.42.